The zero-order chi connectivity index (χ0) is 36.6. The lowest BCUT2D eigenvalue weighted by atomic mass is 10.0. The van der Waals surface area contributed by atoms with Gasteiger partial charge in [0.1, 0.15) is 29.5 Å². The van der Waals surface area contributed by atoms with E-state index in [1.54, 1.807) is 39.1 Å². The average molecular weight is 697 g/mol. The summed E-state index contributed by atoms with van der Waals surface area (Å²) in [5.74, 6) is 0.429. The van der Waals surface area contributed by atoms with Gasteiger partial charge < -0.3 is 33.7 Å². The van der Waals surface area contributed by atoms with E-state index in [9.17, 15) is 20.2 Å². The molecule has 3 aromatic rings. The van der Waals surface area contributed by atoms with Gasteiger partial charge in [0.05, 0.1) is 69.0 Å². The lowest BCUT2D eigenvalue weighted by molar-refractivity contribution is -0.384. The number of non-ortho nitro benzene ring substituents is 1. The number of carbonyl (C=O) groups excluding carboxylic acids is 1. The molecular weight excluding hydrogens is 648 g/mol. The standard InChI is InChI=1S/C35H48N6O9/c1-34(2,3)40-30(29(25-36)32(39-40)27-7-9-28(10-8-27)41(43)44)23-26-11-12-37-31(24-26)49-22-21-48-20-19-47-18-17-46-16-15-45-14-13-38-33(42)50-35(4,5)6/h7-12,24H,13-23H2,1-6H3,(H,38,42). The number of ether oxygens (including phenoxy) is 6. The van der Waals surface area contributed by atoms with Crippen molar-refractivity contribution < 1.29 is 38.1 Å². The van der Waals surface area contributed by atoms with Crippen LogP contribution >= 0.6 is 0 Å². The smallest absolute Gasteiger partial charge is 0.407 e. The van der Waals surface area contributed by atoms with E-state index >= 15 is 0 Å². The molecule has 15 heteroatoms. The Kier molecular flexibility index (Phi) is 15.6. The number of nitro groups is 1. The van der Waals surface area contributed by atoms with Gasteiger partial charge in [0.15, 0.2) is 0 Å². The molecule has 0 fully saturated rings. The van der Waals surface area contributed by atoms with Gasteiger partial charge in [-0.05, 0) is 65.3 Å². The van der Waals surface area contributed by atoms with Crippen LogP contribution in [0.5, 0.6) is 5.88 Å². The van der Waals surface area contributed by atoms with E-state index in [2.05, 4.69) is 16.4 Å². The van der Waals surface area contributed by atoms with Crippen LogP contribution in [0.25, 0.3) is 11.3 Å². The van der Waals surface area contributed by atoms with E-state index in [0.717, 1.165) is 11.3 Å². The summed E-state index contributed by atoms with van der Waals surface area (Å²) in [5, 5.41) is 28.7. The van der Waals surface area contributed by atoms with Crippen molar-refractivity contribution in [3.8, 4) is 23.2 Å². The first-order valence-corrected chi connectivity index (χ1v) is 16.4. The van der Waals surface area contributed by atoms with Crippen molar-refractivity contribution in [2.24, 2.45) is 0 Å². The summed E-state index contributed by atoms with van der Waals surface area (Å²) in [5.41, 5.74) is 2.11. The number of hydrogen-bond acceptors (Lipinski definition) is 12. The second kappa shape index (κ2) is 19.5. The Morgan fingerprint density at radius 3 is 2.02 bits per heavy atom. The molecule has 0 radical (unpaired) electrons. The number of carbonyl (C=O) groups is 1. The van der Waals surface area contributed by atoms with Crippen molar-refractivity contribution in [1.82, 2.24) is 20.1 Å². The minimum atomic E-state index is -0.532. The molecule has 0 saturated carbocycles. The molecule has 0 aliphatic carbocycles. The molecular formula is C35H48N6O9. The summed E-state index contributed by atoms with van der Waals surface area (Å²) in [6, 6.07) is 12.0. The zero-order valence-electron chi connectivity index (χ0n) is 29.7. The fourth-order valence-corrected chi connectivity index (χ4v) is 4.57. The molecule has 0 aliphatic heterocycles. The van der Waals surface area contributed by atoms with Crippen molar-refractivity contribution in [3.63, 3.8) is 0 Å². The summed E-state index contributed by atoms with van der Waals surface area (Å²) in [4.78, 5) is 26.5. The molecule has 0 spiro atoms. The van der Waals surface area contributed by atoms with E-state index in [0.29, 0.717) is 95.1 Å². The summed E-state index contributed by atoms with van der Waals surface area (Å²) >= 11 is 0. The minimum Gasteiger partial charge on any atom is -0.475 e. The number of benzene rings is 1. The monoisotopic (exact) mass is 696 g/mol. The third-order valence-corrected chi connectivity index (χ3v) is 6.76. The fourth-order valence-electron chi connectivity index (χ4n) is 4.57. The topological polar surface area (TPSA) is 182 Å². The molecule has 272 valence electrons. The number of pyridine rings is 1. The molecule has 2 aromatic heterocycles. The molecule has 1 amide bonds. The summed E-state index contributed by atoms with van der Waals surface area (Å²) < 4.78 is 34.8. The number of nitrogens with one attached hydrogen (secondary N) is 1. The van der Waals surface area contributed by atoms with Gasteiger partial charge in [0.25, 0.3) is 5.69 Å². The Hall–Kier alpha value is -4.62. The molecule has 0 atom stereocenters. The highest BCUT2D eigenvalue weighted by Gasteiger charge is 2.26. The number of rotatable bonds is 20. The van der Waals surface area contributed by atoms with Crippen molar-refractivity contribution in [2.45, 2.75) is 59.1 Å². The third kappa shape index (κ3) is 13.7. The number of nitrogens with zero attached hydrogens (tertiary/aromatic N) is 5. The van der Waals surface area contributed by atoms with E-state index in [4.69, 9.17) is 33.5 Å². The highest BCUT2D eigenvalue weighted by atomic mass is 16.6. The second-order valence-electron chi connectivity index (χ2n) is 13.1. The van der Waals surface area contributed by atoms with Crippen LogP contribution in [0.3, 0.4) is 0 Å². The predicted molar refractivity (Wildman–Crippen MR) is 184 cm³/mol. The maximum Gasteiger partial charge on any atom is 0.407 e. The quantitative estimate of drug-likeness (QED) is 0.0945. The predicted octanol–water partition coefficient (Wildman–Crippen LogP) is 5.04. The van der Waals surface area contributed by atoms with Crippen LogP contribution < -0.4 is 10.1 Å². The normalized spacial score (nSPS) is 11.6. The maximum atomic E-state index is 11.5. The summed E-state index contributed by atoms with van der Waals surface area (Å²) in [7, 11) is 0. The van der Waals surface area contributed by atoms with Gasteiger partial charge in [-0.3, -0.25) is 14.8 Å². The first-order valence-electron chi connectivity index (χ1n) is 16.4. The SMILES string of the molecule is CC(C)(C)OC(=O)NCCOCCOCCOCCOCCOc1cc(Cc2c(C#N)c(-c3ccc([N+](=O)[O-])cc3)nn2C(C)(C)C)ccn1. The van der Waals surface area contributed by atoms with Crippen molar-refractivity contribution in [2.75, 3.05) is 66.0 Å². The third-order valence-electron chi connectivity index (χ3n) is 6.76. The number of nitro benzene ring substituents is 1. The Labute approximate surface area is 292 Å². The number of aromatic nitrogens is 3. The fraction of sp³-hybridized carbons (Fsp3) is 0.543. The van der Waals surface area contributed by atoms with Crippen LogP contribution in [0.15, 0.2) is 42.6 Å². The summed E-state index contributed by atoms with van der Waals surface area (Å²) in [6.07, 6.45) is 1.58. The van der Waals surface area contributed by atoms with E-state index in [1.807, 2.05) is 37.6 Å². The highest BCUT2D eigenvalue weighted by Crippen LogP contribution is 2.31. The first kappa shape index (κ1) is 39.8. The minimum absolute atomic E-state index is 0.0321. The van der Waals surface area contributed by atoms with Crippen molar-refractivity contribution in [3.05, 3.63) is 69.5 Å². The van der Waals surface area contributed by atoms with Crippen LogP contribution in [0.1, 0.15) is 58.4 Å². The molecule has 0 saturated heterocycles. The number of hydrogen-bond donors (Lipinski definition) is 1. The van der Waals surface area contributed by atoms with Crippen LogP contribution in [-0.4, -0.2) is 97.4 Å². The molecule has 1 N–H and O–H groups in total. The lowest BCUT2D eigenvalue weighted by Gasteiger charge is -2.22. The van der Waals surface area contributed by atoms with E-state index in [1.165, 1.54) is 12.1 Å². The van der Waals surface area contributed by atoms with Gasteiger partial charge in [-0.1, -0.05) is 0 Å². The van der Waals surface area contributed by atoms with Gasteiger partial charge in [0, 0.05) is 42.9 Å². The van der Waals surface area contributed by atoms with Gasteiger partial charge in [-0.15, -0.1) is 0 Å². The zero-order valence-corrected chi connectivity index (χ0v) is 29.7. The number of alkyl carbamates (subject to hydrolysis) is 1. The average Bonchev–Trinajstić information content (AvgIpc) is 3.42. The summed E-state index contributed by atoms with van der Waals surface area (Å²) in [6.45, 7) is 15.3. The molecule has 2 heterocycles. The Balaban J connectivity index is 1.34. The number of nitriles is 1. The molecule has 0 aliphatic rings. The lowest BCUT2D eigenvalue weighted by Crippen LogP contribution is -2.34. The Morgan fingerprint density at radius 1 is 0.900 bits per heavy atom. The van der Waals surface area contributed by atoms with Gasteiger partial charge in [0.2, 0.25) is 5.88 Å². The van der Waals surface area contributed by atoms with Gasteiger partial charge >= 0.3 is 6.09 Å². The van der Waals surface area contributed by atoms with Crippen LogP contribution in [0.4, 0.5) is 10.5 Å². The molecule has 0 bridgehead atoms. The second-order valence-corrected chi connectivity index (χ2v) is 13.1. The molecule has 1 aromatic carbocycles. The van der Waals surface area contributed by atoms with Crippen molar-refractivity contribution >= 4 is 11.8 Å². The first-order chi connectivity index (χ1) is 23.8. The molecule has 15 nitrogen and oxygen atoms in total. The Morgan fingerprint density at radius 2 is 1.48 bits per heavy atom. The van der Waals surface area contributed by atoms with E-state index < -0.39 is 22.2 Å². The highest BCUT2D eigenvalue weighted by molar-refractivity contribution is 5.69. The van der Waals surface area contributed by atoms with Gasteiger partial charge in [-0.2, -0.15) is 10.4 Å². The molecule has 0 unspecified atom stereocenters. The Bertz CT molecular complexity index is 1560. The number of amides is 1. The van der Waals surface area contributed by atoms with Crippen molar-refractivity contribution in [1.29, 1.82) is 5.26 Å². The van der Waals surface area contributed by atoms with Gasteiger partial charge in [-0.25, -0.2) is 9.78 Å². The maximum absolute atomic E-state index is 11.5. The van der Waals surface area contributed by atoms with Crippen LogP contribution in [0.2, 0.25) is 0 Å². The van der Waals surface area contributed by atoms with Crippen LogP contribution in [-0.2, 0) is 35.6 Å². The van der Waals surface area contributed by atoms with Crippen LogP contribution in [0, 0.1) is 21.4 Å². The molecule has 50 heavy (non-hydrogen) atoms. The molecule has 3 rings (SSSR count). The van der Waals surface area contributed by atoms with E-state index in [-0.39, 0.29) is 5.69 Å². The largest absolute Gasteiger partial charge is 0.475 e.